The lowest BCUT2D eigenvalue weighted by Gasteiger charge is -2.00. The molecule has 0 N–H and O–H groups in total. The lowest BCUT2D eigenvalue weighted by Crippen LogP contribution is -1.76. The molecule has 0 fully saturated rings. The minimum absolute atomic E-state index is 1.13. The molecule has 0 bridgehead atoms. The summed E-state index contributed by atoms with van der Waals surface area (Å²) in [5, 5.41) is 0. The highest BCUT2D eigenvalue weighted by molar-refractivity contribution is 9.13. The van der Waals surface area contributed by atoms with E-state index in [9.17, 15) is 0 Å². The van der Waals surface area contributed by atoms with Gasteiger partial charge in [0, 0.05) is 0 Å². The molecule has 0 aliphatic heterocycles. The highest BCUT2D eigenvalue weighted by Crippen LogP contribution is 2.48. The SMILES string of the molecule is Cc1cccc(-c2sc(-c3cccc(C)c3)c(Br)c2Br)c1. The quantitative estimate of drug-likeness (QED) is 0.409. The Bertz CT molecular complexity index is 737. The molecule has 2 aromatic carbocycles. The van der Waals surface area contributed by atoms with Crippen molar-refractivity contribution >= 4 is 43.2 Å². The molecular formula is C18H14Br2S. The van der Waals surface area contributed by atoms with Gasteiger partial charge in [0.25, 0.3) is 0 Å². The summed E-state index contributed by atoms with van der Waals surface area (Å²) in [6.45, 7) is 4.25. The van der Waals surface area contributed by atoms with Crippen LogP contribution in [0.4, 0.5) is 0 Å². The minimum atomic E-state index is 1.13. The van der Waals surface area contributed by atoms with Crippen molar-refractivity contribution in [3.05, 3.63) is 68.6 Å². The smallest absolute Gasteiger partial charge is 0.0510 e. The summed E-state index contributed by atoms with van der Waals surface area (Å²) in [6.07, 6.45) is 0. The van der Waals surface area contributed by atoms with Crippen LogP contribution in [-0.4, -0.2) is 0 Å². The van der Waals surface area contributed by atoms with Crippen molar-refractivity contribution in [2.24, 2.45) is 0 Å². The van der Waals surface area contributed by atoms with Crippen molar-refractivity contribution in [1.29, 1.82) is 0 Å². The molecule has 0 unspecified atom stereocenters. The number of rotatable bonds is 2. The zero-order valence-corrected chi connectivity index (χ0v) is 15.8. The van der Waals surface area contributed by atoms with Crippen LogP contribution in [-0.2, 0) is 0 Å². The van der Waals surface area contributed by atoms with Gasteiger partial charge >= 0.3 is 0 Å². The van der Waals surface area contributed by atoms with Crippen molar-refractivity contribution in [3.8, 4) is 20.9 Å². The van der Waals surface area contributed by atoms with Crippen molar-refractivity contribution in [2.45, 2.75) is 13.8 Å². The largest absolute Gasteiger partial charge is 0.133 e. The Labute approximate surface area is 146 Å². The van der Waals surface area contributed by atoms with Gasteiger partial charge in [-0.1, -0.05) is 59.7 Å². The number of thiophene rings is 1. The Morgan fingerprint density at radius 1 is 0.714 bits per heavy atom. The van der Waals surface area contributed by atoms with Crippen LogP contribution in [0.3, 0.4) is 0 Å². The first kappa shape index (κ1) is 15.0. The Morgan fingerprint density at radius 3 is 1.52 bits per heavy atom. The Balaban J connectivity index is 2.16. The van der Waals surface area contributed by atoms with E-state index < -0.39 is 0 Å². The molecule has 0 nitrogen and oxygen atoms in total. The summed E-state index contributed by atoms with van der Waals surface area (Å²) in [5.74, 6) is 0. The van der Waals surface area contributed by atoms with Gasteiger partial charge in [0.1, 0.15) is 0 Å². The summed E-state index contributed by atoms with van der Waals surface area (Å²) in [6, 6.07) is 17.2. The fourth-order valence-electron chi connectivity index (χ4n) is 2.33. The number of halogens is 2. The highest BCUT2D eigenvalue weighted by Gasteiger charge is 2.17. The molecule has 3 aromatic rings. The molecule has 0 spiro atoms. The van der Waals surface area contributed by atoms with Crippen LogP contribution in [0.15, 0.2) is 57.5 Å². The molecule has 3 rings (SSSR count). The van der Waals surface area contributed by atoms with E-state index in [1.165, 1.54) is 32.0 Å². The molecule has 0 atom stereocenters. The van der Waals surface area contributed by atoms with Crippen LogP contribution in [0.2, 0.25) is 0 Å². The van der Waals surface area contributed by atoms with Gasteiger partial charge in [0.2, 0.25) is 0 Å². The summed E-state index contributed by atoms with van der Waals surface area (Å²) in [5.41, 5.74) is 5.07. The van der Waals surface area contributed by atoms with Crippen LogP contribution in [0, 0.1) is 13.8 Å². The van der Waals surface area contributed by atoms with E-state index in [4.69, 9.17) is 0 Å². The van der Waals surface area contributed by atoms with Crippen LogP contribution in [0.1, 0.15) is 11.1 Å². The van der Waals surface area contributed by atoms with E-state index in [1.54, 1.807) is 0 Å². The Kier molecular flexibility index (Phi) is 4.34. The van der Waals surface area contributed by atoms with Gasteiger partial charge < -0.3 is 0 Å². The Hall–Kier alpha value is -0.900. The summed E-state index contributed by atoms with van der Waals surface area (Å²) >= 11 is 9.30. The maximum Gasteiger partial charge on any atom is 0.0510 e. The molecular weight excluding hydrogens is 408 g/mol. The summed E-state index contributed by atoms with van der Waals surface area (Å²) in [7, 11) is 0. The van der Waals surface area contributed by atoms with Gasteiger partial charge in [-0.05, 0) is 56.8 Å². The fourth-order valence-corrected chi connectivity index (χ4v) is 5.01. The number of hydrogen-bond donors (Lipinski definition) is 0. The third-order valence-electron chi connectivity index (χ3n) is 3.36. The fraction of sp³-hybridized carbons (Fsp3) is 0.111. The van der Waals surface area contributed by atoms with Crippen LogP contribution in [0.5, 0.6) is 0 Å². The van der Waals surface area contributed by atoms with E-state index in [2.05, 4.69) is 94.2 Å². The minimum Gasteiger partial charge on any atom is -0.133 e. The maximum absolute atomic E-state index is 3.74. The van der Waals surface area contributed by atoms with E-state index in [1.807, 2.05) is 11.3 Å². The van der Waals surface area contributed by atoms with Gasteiger partial charge in [0.05, 0.1) is 18.7 Å². The second-order valence-corrected chi connectivity index (χ2v) is 7.73. The number of hydrogen-bond acceptors (Lipinski definition) is 1. The second kappa shape index (κ2) is 6.07. The highest BCUT2D eigenvalue weighted by atomic mass is 79.9. The average Bonchev–Trinajstić information content (AvgIpc) is 2.75. The molecule has 3 heteroatoms. The molecule has 0 radical (unpaired) electrons. The number of benzene rings is 2. The van der Waals surface area contributed by atoms with Crippen LogP contribution >= 0.6 is 43.2 Å². The zero-order valence-electron chi connectivity index (χ0n) is 11.8. The average molecular weight is 422 g/mol. The summed E-state index contributed by atoms with van der Waals surface area (Å²) < 4.78 is 2.27. The maximum atomic E-state index is 3.74. The van der Waals surface area contributed by atoms with E-state index >= 15 is 0 Å². The first-order valence-corrected chi connectivity index (χ1v) is 9.08. The lowest BCUT2D eigenvalue weighted by atomic mass is 10.1. The van der Waals surface area contributed by atoms with Crippen molar-refractivity contribution in [1.82, 2.24) is 0 Å². The Morgan fingerprint density at radius 2 is 1.14 bits per heavy atom. The van der Waals surface area contributed by atoms with Crippen molar-refractivity contribution in [3.63, 3.8) is 0 Å². The van der Waals surface area contributed by atoms with Gasteiger partial charge in [-0.2, -0.15) is 0 Å². The predicted octanol–water partition coefficient (Wildman–Crippen LogP) is 7.22. The molecule has 0 aliphatic rings. The molecule has 0 saturated carbocycles. The van der Waals surface area contributed by atoms with Gasteiger partial charge in [-0.15, -0.1) is 11.3 Å². The van der Waals surface area contributed by atoms with Gasteiger partial charge in [-0.25, -0.2) is 0 Å². The molecule has 0 saturated heterocycles. The zero-order chi connectivity index (χ0) is 15.0. The van der Waals surface area contributed by atoms with Crippen LogP contribution in [0.25, 0.3) is 20.9 Å². The standard InChI is InChI=1S/C18H14Br2S/c1-11-5-3-7-13(9-11)17-15(19)16(20)18(21-17)14-8-4-6-12(2)10-14/h3-10H,1-2H3. The molecule has 0 amide bonds. The molecule has 21 heavy (non-hydrogen) atoms. The molecule has 1 heterocycles. The predicted molar refractivity (Wildman–Crippen MR) is 100 cm³/mol. The van der Waals surface area contributed by atoms with Crippen LogP contribution < -0.4 is 0 Å². The second-order valence-electron chi connectivity index (χ2n) is 5.13. The van der Waals surface area contributed by atoms with E-state index in [0.717, 1.165) is 8.95 Å². The first-order valence-electron chi connectivity index (χ1n) is 6.68. The summed E-state index contributed by atoms with van der Waals surface area (Å²) in [4.78, 5) is 2.53. The molecule has 0 aliphatic carbocycles. The topological polar surface area (TPSA) is 0 Å². The van der Waals surface area contributed by atoms with Gasteiger partial charge in [0.15, 0.2) is 0 Å². The third-order valence-corrected chi connectivity index (χ3v) is 7.29. The normalized spacial score (nSPS) is 10.9. The van der Waals surface area contributed by atoms with E-state index in [0.29, 0.717) is 0 Å². The molecule has 1 aromatic heterocycles. The molecule has 106 valence electrons. The van der Waals surface area contributed by atoms with Crippen molar-refractivity contribution < 1.29 is 0 Å². The van der Waals surface area contributed by atoms with Gasteiger partial charge in [-0.3, -0.25) is 0 Å². The van der Waals surface area contributed by atoms with Crippen molar-refractivity contribution in [2.75, 3.05) is 0 Å². The number of aryl methyl sites for hydroxylation is 2. The third kappa shape index (κ3) is 3.01. The lowest BCUT2D eigenvalue weighted by molar-refractivity contribution is 1.47. The van der Waals surface area contributed by atoms with E-state index in [-0.39, 0.29) is 0 Å². The first-order chi connectivity index (χ1) is 10.1. The monoisotopic (exact) mass is 420 g/mol.